The first-order valence-electron chi connectivity index (χ1n) is 8.37. The molecule has 7 nitrogen and oxygen atoms in total. The van der Waals surface area contributed by atoms with Crippen LogP contribution in [-0.2, 0) is 14.3 Å². The number of carbonyl (C=O) groups excluding carboxylic acids is 2. The Balaban J connectivity index is 2.03. The van der Waals surface area contributed by atoms with E-state index in [2.05, 4.69) is 0 Å². The van der Waals surface area contributed by atoms with E-state index in [9.17, 15) is 19.7 Å². The Bertz CT molecular complexity index is 877. The van der Waals surface area contributed by atoms with Crippen molar-refractivity contribution in [2.75, 3.05) is 7.11 Å². The van der Waals surface area contributed by atoms with Gasteiger partial charge in [-0.2, -0.15) is 0 Å². The van der Waals surface area contributed by atoms with Gasteiger partial charge in [0.2, 0.25) is 0 Å². The lowest BCUT2D eigenvalue weighted by Gasteiger charge is -2.38. The summed E-state index contributed by atoms with van der Waals surface area (Å²) in [6.07, 6.45) is 3.18. The highest BCUT2D eigenvalue weighted by Crippen LogP contribution is 2.37. The molecule has 0 fully saturated rings. The smallest absolute Gasteiger partial charge is 0.333 e. The summed E-state index contributed by atoms with van der Waals surface area (Å²) in [7, 11) is 1.32. The summed E-state index contributed by atoms with van der Waals surface area (Å²) in [5, 5.41) is 10.9. The van der Waals surface area contributed by atoms with E-state index >= 15 is 0 Å². The van der Waals surface area contributed by atoms with E-state index in [1.54, 1.807) is 23.2 Å². The summed E-state index contributed by atoms with van der Waals surface area (Å²) in [6, 6.07) is 14.0. The Morgan fingerprint density at radius 2 is 1.85 bits per heavy atom. The van der Waals surface area contributed by atoms with Gasteiger partial charge in [-0.3, -0.25) is 14.9 Å². The number of ether oxygens (including phenoxy) is 1. The number of nitro benzene ring substituents is 1. The third kappa shape index (κ3) is 3.87. The van der Waals surface area contributed by atoms with Crippen molar-refractivity contribution in [3.63, 3.8) is 0 Å². The Morgan fingerprint density at radius 3 is 2.44 bits per heavy atom. The van der Waals surface area contributed by atoms with Crippen LogP contribution < -0.4 is 0 Å². The first-order valence-corrected chi connectivity index (χ1v) is 8.37. The summed E-state index contributed by atoms with van der Waals surface area (Å²) in [5.74, 6) is -0.529. The number of ketones is 1. The van der Waals surface area contributed by atoms with Gasteiger partial charge in [0.1, 0.15) is 0 Å². The Kier molecular flexibility index (Phi) is 5.30. The van der Waals surface area contributed by atoms with E-state index in [-0.39, 0.29) is 17.9 Å². The molecule has 0 saturated heterocycles. The number of nitro groups is 1. The maximum atomic E-state index is 12.5. The Labute approximate surface area is 156 Å². The largest absolute Gasteiger partial charge is 0.467 e. The van der Waals surface area contributed by atoms with E-state index in [1.807, 2.05) is 30.3 Å². The van der Waals surface area contributed by atoms with Crippen LogP contribution in [0.1, 0.15) is 29.6 Å². The quantitative estimate of drug-likeness (QED) is 0.458. The maximum absolute atomic E-state index is 12.5. The van der Waals surface area contributed by atoms with E-state index in [0.717, 1.165) is 5.56 Å². The molecule has 2 aromatic rings. The van der Waals surface area contributed by atoms with Crippen LogP contribution in [0.4, 0.5) is 5.69 Å². The molecular formula is C20H18N2O5. The third-order valence-corrected chi connectivity index (χ3v) is 4.51. The van der Waals surface area contributed by atoms with Crippen molar-refractivity contribution in [2.24, 2.45) is 0 Å². The molecule has 1 aliphatic heterocycles. The highest BCUT2D eigenvalue weighted by molar-refractivity contribution is 5.91. The second-order valence-corrected chi connectivity index (χ2v) is 6.13. The molecule has 0 aromatic heterocycles. The summed E-state index contributed by atoms with van der Waals surface area (Å²) < 4.78 is 4.99. The van der Waals surface area contributed by atoms with Gasteiger partial charge >= 0.3 is 5.97 Å². The van der Waals surface area contributed by atoms with Gasteiger partial charge in [0.15, 0.2) is 11.8 Å². The van der Waals surface area contributed by atoms with Gasteiger partial charge in [-0.05, 0) is 17.2 Å². The molecule has 138 valence electrons. The highest BCUT2D eigenvalue weighted by atomic mass is 16.6. The molecule has 7 heteroatoms. The Hall–Kier alpha value is -3.48. The SMILES string of the molecule is COC(=O)[C@H](c1ccccc1)N1C=CC(=O)C[C@@H]1c1ccc([N+](=O)[O-])cc1. The predicted octanol–water partition coefficient (Wildman–Crippen LogP) is 3.34. The first-order chi connectivity index (χ1) is 13.0. The van der Waals surface area contributed by atoms with Crippen molar-refractivity contribution in [3.05, 3.63) is 88.1 Å². The number of benzene rings is 2. The van der Waals surface area contributed by atoms with Crippen LogP contribution in [0.3, 0.4) is 0 Å². The van der Waals surface area contributed by atoms with Gasteiger partial charge in [0, 0.05) is 24.8 Å². The standard InChI is InChI=1S/C20H18N2O5/c1-27-20(24)19(15-5-3-2-4-6-15)21-12-11-17(23)13-18(21)14-7-9-16(10-8-14)22(25)26/h2-12,18-19H,13H2,1H3/t18-,19+/m1/s1. The highest BCUT2D eigenvalue weighted by Gasteiger charge is 2.35. The first kappa shape index (κ1) is 18.3. The van der Waals surface area contributed by atoms with Crippen LogP contribution in [0.5, 0.6) is 0 Å². The Morgan fingerprint density at radius 1 is 1.19 bits per heavy atom. The molecule has 0 bridgehead atoms. The number of non-ortho nitro benzene ring substituents is 1. The summed E-state index contributed by atoms with van der Waals surface area (Å²) in [4.78, 5) is 36.8. The monoisotopic (exact) mass is 366 g/mol. The lowest BCUT2D eigenvalue weighted by molar-refractivity contribution is -0.384. The molecule has 0 radical (unpaired) electrons. The fourth-order valence-electron chi connectivity index (χ4n) is 3.19. The zero-order valence-corrected chi connectivity index (χ0v) is 14.6. The van der Waals surface area contributed by atoms with Crippen molar-refractivity contribution in [2.45, 2.75) is 18.5 Å². The molecular weight excluding hydrogens is 348 g/mol. The van der Waals surface area contributed by atoms with Crippen LogP contribution in [-0.4, -0.2) is 28.7 Å². The minimum absolute atomic E-state index is 0.0319. The van der Waals surface area contributed by atoms with Crippen molar-refractivity contribution in [1.82, 2.24) is 4.90 Å². The number of esters is 1. The van der Waals surface area contributed by atoms with E-state index in [0.29, 0.717) is 5.56 Å². The van der Waals surface area contributed by atoms with Crippen molar-refractivity contribution in [1.29, 1.82) is 0 Å². The predicted molar refractivity (Wildman–Crippen MR) is 97.6 cm³/mol. The fraction of sp³-hybridized carbons (Fsp3) is 0.200. The number of allylic oxidation sites excluding steroid dienone is 1. The van der Waals surface area contributed by atoms with E-state index in [1.165, 1.54) is 25.3 Å². The number of methoxy groups -OCH3 is 1. The second kappa shape index (κ2) is 7.82. The fourth-order valence-corrected chi connectivity index (χ4v) is 3.19. The van der Waals surface area contributed by atoms with E-state index < -0.39 is 23.0 Å². The van der Waals surface area contributed by atoms with E-state index in [4.69, 9.17) is 4.74 Å². The molecule has 2 aromatic carbocycles. The third-order valence-electron chi connectivity index (χ3n) is 4.51. The molecule has 0 saturated carbocycles. The van der Waals surface area contributed by atoms with Gasteiger partial charge in [-0.1, -0.05) is 42.5 Å². The molecule has 3 rings (SSSR count). The molecule has 0 N–H and O–H groups in total. The molecule has 0 amide bonds. The zero-order valence-electron chi connectivity index (χ0n) is 14.6. The van der Waals surface area contributed by atoms with Crippen molar-refractivity contribution in [3.8, 4) is 0 Å². The van der Waals surface area contributed by atoms with Crippen molar-refractivity contribution < 1.29 is 19.2 Å². The molecule has 0 unspecified atom stereocenters. The van der Waals surface area contributed by atoms with Gasteiger partial charge in [-0.25, -0.2) is 4.79 Å². The second-order valence-electron chi connectivity index (χ2n) is 6.13. The number of hydrogen-bond donors (Lipinski definition) is 0. The minimum Gasteiger partial charge on any atom is -0.467 e. The molecule has 0 spiro atoms. The number of hydrogen-bond acceptors (Lipinski definition) is 6. The normalized spacial score (nSPS) is 17.4. The van der Waals surface area contributed by atoms with Crippen LogP contribution in [0.15, 0.2) is 66.9 Å². The zero-order chi connectivity index (χ0) is 19.4. The molecule has 1 heterocycles. The topological polar surface area (TPSA) is 89.8 Å². The van der Waals surface area contributed by atoms with Gasteiger partial charge in [0.05, 0.1) is 18.1 Å². The van der Waals surface area contributed by atoms with Crippen LogP contribution >= 0.6 is 0 Å². The molecule has 2 atom stereocenters. The van der Waals surface area contributed by atoms with Gasteiger partial charge in [-0.15, -0.1) is 0 Å². The average Bonchev–Trinajstić information content (AvgIpc) is 2.70. The number of nitrogens with zero attached hydrogens (tertiary/aromatic N) is 2. The summed E-state index contributed by atoms with van der Waals surface area (Å²) in [5.41, 5.74) is 1.41. The lowest BCUT2D eigenvalue weighted by atomic mass is 9.93. The molecule has 0 aliphatic carbocycles. The maximum Gasteiger partial charge on any atom is 0.333 e. The van der Waals surface area contributed by atoms with Gasteiger partial charge in [0.25, 0.3) is 5.69 Å². The van der Waals surface area contributed by atoms with Crippen LogP contribution in [0, 0.1) is 10.1 Å². The summed E-state index contributed by atoms with van der Waals surface area (Å²) >= 11 is 0. The average molecular weight is 366 g/mol. The number of rotatable bonds is 5. The molecule has 27 heavy (non-hydrogen) atoms. The van der Waals surface area contributed by atoms with Crippen LogP contribution in [0.2, 0.25) is 0 Å². The van der Waals surface area contributed by atoms with Gasteiger partial charge < -0.3 is 9.64 Å². The number of carbonyl (C=O) groups is 2. The molecule has 1 aliphatic rings. The van der Waals surface area contributed by atoms with Crippen LogP contribution in [0.25, 0.3) is 0 Å². The minimum atomic E-state index is -0.735. The summed E-state index contributed by atoms with van der Waals surface area (Å²) in [6.45, 7) is 0. The lowest BCUT2D eigenvalue weighted by Crippen LogP contribution is -2.37. The van der Waals surface area contributed by atoms with Crippen molar-refractivity contribution >= 4 is 17.4 Å².